The van der Waals surface area contributed by atoms with E-state index in [4.69, 9.17) is 5.73 Å². The van der Waals surface area contributed by atoms with Crippen molar-refractivity contribution in [1.82, 2.24) is 9.80 Å². The monoisotopic (exact) mass is 295 g/mol. The number of amides is 1. The largest absolute Gasteiger partial charge is 0.339 e. The fourth-order valence-corrected chi connectivity index (χ4v) is 3.84. The van der Waals surface area contributed by atoms with Crippen molar-refractivity contribution in [3.63, 3.8) is 0 Å². The molecule has 2 fully saturated rings. The molecule has 2 N–H and O–H groups in total. The van der Waals surface area contributed by atoms with Crippen LogP contribution in [-0.2, 0) is 4.79 Å². The molecule has 2 aliphatic rings. The standard InChI is InChI=1S/C17H33N3O/c1-4-19(12-16(21)20(5-2)15-6-7-15)17(13-18)10-8-14(3)9-11-17/h14-15H,4-13,18H2,1-3H3. The zero-order valence-corrected chi connectivity index (χ0v) is 14.1. The Morgan fingerprint density at radius 1 is 1.14 bits per heavy atom. The summed E-state index contributed by atoms with van der Waals surface area (Å²) in [4.78, 5) is 17.1. The van der Waals surface area contributed by atoms with E-state index >= 15 is 0 Å². The van der Waals surface area contributed by atoms with Crippen molar-refractivity contribution in [3.05, 3.63) is 0 Å². The molecule has 0 aliphatic heterocycles. The number of likely N-dealkylation sites (N-methyl/N-ethyl adjacent to an activating group) is 2. The van der Waals surface area contributed by atoms with Gasteiger partial charge in [0.2, 0.25) is 5.91 Å². The second-order valence-electron chi connectivity index (χ2n) is 7.04. The lowest BCUT2D eigenvalue weighted by Gasteiger charge is -2.47. The van der Waals surface area contributed by atoms with Crippen LogP contribution in [0.4, 0.5) is 0 Å². The first-order valence-corrected chi connectivity index (χ1v) is 8.81. The maximum absolute atomic E-state index is 12.6. The third kappa shape index (κ3) is 3.78. The lowest BCUT2D eigenvalue weighted by molar-refractivity contribution is -0.135. The summed E-state index contributed by atoms with van der Waals surface area (Å²) in [6.07, 6.45) is 7.13. The van der Waals surface area contributed by atoms with Crippen LogP contribution >= 0.6 is 0 Å². The molecule has 0 heterocycles. The fraction of sp³-hybridized carbons (Fsp3) is 0.941. The molecule has 0 aromatic rings. The summed E-state index contributed by atoms with van der Waals surface area (Å²) in [6.45, 7) is 9.56. The average molecular weight is 295 g/mol. The van der Waals surface area contributed by atoms with E-state index in [0.29, 0.717) is 25.0 Å². The normalized spacial score (nSPS) is 29.7. The first kappa shape index (κ1) is 16.8. The Morgan fingerprint density at radius 3 is 2.19 bits per heavy atom. The van der Waals surface area contributed by atoms with Crippen molar-refractivity contribution in [2.45, 2.75) is 70.9 Å². The minimum atomic E-state index is 0.0554. The van der Waals surface area contributed by atoms with E-state index in [2.05, 4.69) is 30.6 Å². The van der Waals surface area contributed by atoms with Gasteiger partial charge in [-0.05, 0) is 57.9 Å². The molecular weight excluding hydrogens is 262 g/mol. The van der Waals surface area contributed by atoms with E-state index in [1.54, 1.807) is 0 Å². The van der Waals surface area contributed by atoms with Crippen molar-refractivity contribution in [3.8, 4) is 0 Å². The molecular formula is C17H33N3O. The maximum Gasteiger partial charge on any atom is 0.237 e. The Labute approximate surface area is 130 Å². The zero-order valence-electron chi connectivity index (χ0n) is 14.1. The van der Waals surface area contributed by atoms with Crippen LogP contribution in [-0.4, -0.2) is 53.5 Å². The van der Waals surface area contributed by atoms with E-state index in [-0.39, 0.29) is 5.54 Å². The maximum atomic E-state index is 12.6. The summed E-state index contributed by atoms with van der Waals surface area (Å²) in [5, 5.41) is 0. The highest BCUT2D eigenvalue weighted by molar-refractivity contribution is 5.79. The van der Waals surface area contributed by atoms with Gasteiger partial charge in [-0.15, -0.1) is 0 Å². The molecule has 0 radical (unpaired) electrons. The fourth-order valence-electron chi connectivity index (χ4n) is 3.84. The second kappa shape index (κ2) is 7.10. The predicted octanol–water partition coefficient (Wildman–Crippen LogP) is 2.23. The first-order valence-electron chi connectivity index (χ1n) is 8.81. The third-order valence-electron chi connectivity index (χ3n) is 5.61. The van der Waals surface area contributed by atoms with Crippen molar-refractivity contribution in [2.24, 2.45) is 11.7 Å². The summed E-state index contributed by atoms with van der Waals surface area (Å²) < 4.78 is 0. The highest BCUT2D eigenvalue weighted by Crippen LogP contribution is 2.36. The minimum absolute atomic E-state index is 0.0554. The van der Waals surface area contributed by atoms with E-state index in [1.165, 1.54) is 25.7 Å². The molecule has 2 rings (SSSR count). The molecule has 2 aliphatic carbocycles. The van der Waals surface area contributed by atoms with E-state index < -0.39 is 0 Å². The molecule has 0 atom stereocenters. The van der Waals surface area contributed by atoms with Crippen molar-refractivity contribution in [1.29, 1.82) is 0 Å². The van der Waals surface area contributed by atoms with Gasteiger partial charge in [0.15, 0.2) is 0 Å². The number of hydrogen-bond donors (Lipinski definition) is 1. The summed E-state index contributed by atoms with van der Waals surface area (Å²) in [5.74, 6) is 1.10. The molecule has 0 bridgehead atoms. The van der Waals surface area contributed by atoms with Crippen LogP contribution in [0.1, 0.15) is 59.3 Å². The number of carbonyl (C=O) groups excluding carboxylic acids is 1. The SMILES string of the molecule is CCN(C(=O)CN(CC)C1(CN)CCC(C)CC1)C1CC1. The van der Waals surface area contributed by atoms with Crippen LogP contribution in [0.2, 0.25) is 0 Å². The van der Waals surface area contributed by atoms with Gasteiger partial charge in [-0.2, -0.15) is 0 Å². The van der Waals surface area contributed by atoms with Crippen LogP contribution in [0.25, 0.3) is 0 Å². The van der Waals surface area contributed by atoms with E-state index in [0.717, 1.165) is 31.8 Å². The van der Waals surface area contributed by atoms with Crippen molar-refractivity contribution < 1.29 is 4.79 Å². The van der Waals surface area contributed by atoms with Gasteiger partial charge >= 0.3 is 0 Å². The van der Waals surface area contributed by atoms with Crippen LogP contribution in [0.3, 0.4) is 0 Å². The highest BCUT2D eigenvalue weighted by Gasteiger charge is 2.40. The second-order valence-corrected chi connectivity index (χ2v) is 7.04. The number of nitrogens with zero attached hydrogens (tertiary/aromatic N) is 2. The molecule has 21 heavy (non-hydrogen) atoms. The summed E-state index contributed by atoms with van der Waals surface area (Å²) in [7, 11) is 0. The van der Waals surface area contributed by atoms with Gasteiger partial charge in [0.25, 0.3) is 0 Å². The Kier molecular flexibility index (Phi) is 5.67. The summed E-state index contributed by atoms with van der Waals surface area (Å²) in [5.41, 5.74) is 6.21. The smallest absolute Gasteiger partial charge is 0.237 e. The lowest BCUT2D eigenvalue weighted by Crippen LogP contribution is -2.58. The van der Waals surface area contributed by atoms with Crippen molar-refractivity contribution in [2.75, 3.05) is 26.2 Å². The van der Waals surface area contributed by atoms with Gasteiger partial charge in [-0.3, -0.25) is 9.69 Å². The molecule has 4 nitrogen and oxygen atoms in total. The van der Waals surface area contributed by atoms with Gasteiger partial charge in [-0.25, -0.2) is 0 Å². The summed E-state index contributed by atoms with van der Waals surface area (Å²) >= 11 is 0. The third-order valence-corrected chi connectivity index (χ3v) is 5.61. The van der Waals surface area contributed by atoms with E-state index in [1.807, 2.05) is 0 Å². The quantitative estimate of drug-likeness (QED) is 0.783. The number of hydrogen-bond acceptors (Lipinski definition) is 3. The molecule has 0 unspecified atom stereocenters. The van der Waals surface area contributed by atoms with Crippen LogP contribution in [0.15, 0.2) is 0 Å². The van der Waals surface area contributed by atoms with E-state index in [9.17, 15) is 4.79 Å². The number of carbonyl (C=O) groups is 1. The Balaban J connectivity index is 2.01. The Morgan fingerprint density at radius 2 is 1.76 bits per heavy atom. The Bertz CT molecular complexity index is 346. The molecule has 0 saturated heterocycles. The average Bonchev–Trinajstić information content (AvgIpc) is 3.32. The lowest BCUT2D eigenvalue weighted by atomic mass is 9.76. The summed E-state index contributed by atoms with van der Waals surface area (Å²) in [6, 6.07) is 0.515. The van der Waals surface area contributed by atoms with Crippen LogP contribution in [0, 0.1) is 5.92 Å². The van der Waals surface area contributed by atoms with Gasteiger partial charge in [0.1, 0.15) is 0 Å². The molecule has 1 amide bonds. The molecule has 122 valence electrons. The Hall–Kier alpha value is -0.610. The molecule has 0 spiro atoms. The van der Waals surface area contributed by atoms with Crippen LogP contribution < -0.4 is 5.73 Å². The zero-order chi connectivity index (χ0) is 15.5. The van der Waals surface area contributed by atoms with Gasteiger partial charge in [-0.1, -0.05) is 13.8 Å². The van der Waals surface area contributed by atoms with Crippen molar-refractivity contribution >= 4 is 5.91 Å². The van der Waals surface area contributed by atoms with Gasteiger partial charge < -0.3 is 10.6 Å². The molecule has 2 saturated carbocycles. The molecule has 0 aromatic carbocycles. The minimum Gasteiger partial charge on any atom is -0.339 e. The first-order chi connectivity index (χ1) is 10.1. The van der Waals surface area contributed by atoms with Gasteiger partial charge in [0.05, 0.1) is 6.54 Å². The predicted molar refractivity (Wildman–Crippen MR) is 87.1 cm³/mol. The molecule has 4 heteroatoms. The van der Waals surface area contributed by atoms with Gasteiger partial charge in [0, 0.05) is 24.7 Å². The number of rotatable bonds is 7. The topological polar surface area (TPSA) is 49.6 Å². The number of nitrogens with two attached hydrogens (primary N) is 1. The highest BCUT2D eigenvalue weighted by atomic mass is 16.2. The molecule has 0 aromatic heterocycles. The van der Waals surface area contributed by atoms with Crippen LogP contribution in [0.5, 0.6) is 0 Å².